The lowest BCUT2D eigenvalue weighted by Crippen LogP contribution is -2.59. The summed E-state index contributed by atoms with van der Waals surface area (Å²) in [6, 6.07) is 7.52. The van der Waals surface area contributed by atoms with Crippen LogP contribution < -0.4 is 5.32 Å². The van der Waals surface area contributed by atoms with Crippen molar-refractivity contribution in [1.82, 2.24) is 20.0 Å². The summed E-state index contributed by atoms with van der Waals surface area (Å²) >= 11 is 0. The first kappa shape index (κ1) is 37.7. The van der Waals surface area contributed by atoms with Gasteiger partial charge in [-0.05, 0) is 37.2 Å². The number of hydrogen-bond acceptors (Lipinski definition) is 9. The summed E-state index contributed by atoms with van der Waals surface area (Å²) in [5.41, 5.74) is -0.541. The molecule has 1 aromatic rings. The maximum Gasteiger partial charge on any atom is 0.313 e. The van der Waals surface area contributed by atoms with Gasteiger partial charge in [0.25, 0.3) is 0 Å². The molecule has 0 radical (unpaired) electrons. The van der Waals surface area contributed by atoms with Crippen molar-refractivity contribution in [3.05, 3.63) is 61.2 Å². The molecule has 1 spiro atoms. The summed E-state index contributed by atoms with van der Waals surface area (Å²) in [4.78, 5) is 61.7. The highest BCUT2D eigenvalue weighted by Gasteiger charge is 2.75. The average Bonchev–Trinajstić information content (AvgIpc) is 3.77. The van der Waals surface area contributed by atoms with Gasteiger partial charge in [0, 0.05) is 39.1 Å². The molecule has 2 bridgehead atoms. The largest absolute Gasteiger partial charge is 0.455 e. The van der Waals surface area contributed by atoms with Crippen LogP contribution in [-0.4, -0.2) is 126 Å². The maximum atomic E-state index is 14.8. The fourth-order valence-electron chi connectivity index (χ4n) is 8.20. The molecule has 1 aromatic carbocycles. The zero-order valence-corrected chi connectivity index (χ0v) is 29.5. The number of aliphatic hydroxyl groups excluding tert-OH is 1. The Morgan fingerprint density at radius 3 is 2.56 bits per heavy atom. The third-order valence-electron chi connectivity index (χ3n) is 10.5. The fraction of sp³-hybridized carbons (Fsp3) is 0.632. The van der Waals surface area contributed by atoms with Gasteiger partial charge in [-0.15, -0.1) is 13.2 Å². The van der Waals surface area contributed by atoms with Crippen molar-refractivity contribution in [3.8, 4) is 0 Å². The third kappa shape index (κ3) is 7.98. The van der Waals surface area contributed by atoms with E-state index in [1.54, 1.807) is 17.1 Å². The first-order valence-corrected chi connectivity index (χ1v) is 18.1. The molecular formula is C38H54N4O8. The molecule has 12 heteroatoms. The molecule has 4 aliphatic rings. The molecule has 0 aromatic heterocycles. The first-order valence-electron chi connectivity index (χ1n) is 18.1. The van der Waals surface area contributed by atoms with Crippen LogP contribution >= 0.6 is 0 Å². The van der Waals surface area contributed by atoms with Crippen molar-refractivity contribution in [2.45, 2.75) is 75.8 Å². The van der Waals surface area contributed by atoms with Crippen molar-refractivity contribution in [2.24, 2.45) is 17.8 Å². The van der Waals surface area contributed by atoms with E-state index in [1.165, 1.54) is 4.90 Å². The summed E-state index contributed by atoms with van der Waals surface area (Å²) in [6.45, 7) is 15.5. The Labute approximate surface area is 295 Å². The van der Waals surface area contributed by atoms with E-state index < -0.39 is 47.7 Å². The second-order valence-electron chi connectivity index (χ2n) is 14.3. The Morgan fingerprint density at radius 1 is 1.16 bits per heavy atom. The summed E-state index contributed by atoms with van der Waals surface area (Å²) in [5.74, 6) is -3.19. The Kier molecular flexibility index (Phi) is 12.9. The molecule has 4 fully saturated rings. The molecule has 5 rings (SSSR count). The number of rotatable bonds is 18. The number of fused-ring (bicyclic) bond motifs is 1. The van der Waals surface area contributed by atoms with E-state index >= 15 is 0 Å². The van der Waals surface area contributed by atoms with Gasteiger partial charge in [-0.1, -0.05) is 56.3 Å². The molecule has 4 aliphatic heterocycles. The zero-order chi connectivity index (χ0) is 35.8. The molecule has 4 heterocycles. The number of likely N-dealkylation sites (tertiary alicyclic amines) is 1. The van der Waals surface area contributed by atoms with Crippen LogP contribution in [0.4, 0.5) is 0 Å². The SMILES string of the molecule is C=CCCC(=O)NC[C@H](OC(=O)[C@@H]1[C@@H]2CC[C@]3(O2)[C@H](C(=O)N(CC=C)CCN2CCOCC2)N([C@@H](CO)CC(C)C)C(=O)[C@@H]13)c1ccccc1. The van der Waals surface area contributed by atoms with Gasteiger partial charge in [-0.25, -0.2) is 0 Å². The van der Waals surface area contributed by atoms with Gasteiger partial charge in [0.1, 0.15) is 17.7 Å². The molecule has 4 saturated heterocycles. The fourth-order valence-corrected chi connectivity index (χ4v) is 8.20. The van der Waals surface area contributed by atoms with E-state index in [0.29, 0.717) is 57.6 Å². The van der Waals surface area contributed by atoms with Gasteiger partial charge in [0.15, 0.2) is 0 Å². The van der Waals surface area contributed by atoms with E-state index in [9.17, 15) is 24.3 Å². The second kappa shape index (κ2) is 17.1. The van der Waals surface area contributed by atoms with E-state index in [0.717, 1.165) is 13.1 Å². The van der Waals surface area contributed by atoms with E-state index in [-0.39, 0.29) is 49.8 Å². The van der Waals surface area contributed by atoms with Crippen molar-refractivity contribution in [2.75, 3.05) is 59.1 Å². The number of nitrogens with one attached hydrogen (secondary N) is 1. The van der Waals surface area contributed by atoms with Crippen molar-refractivity contribution in [1.29, 1.82) is 0 Å². The Morgan fingerprint density at radius 2 is 1.90 bits per heavy atom. The number of amides is 3. The zero-order valence-electron chi connectivity index (χ0n) is 29.5. The minimum absolute atomic E-state index is 0.0571. The number of benzene rings is 1. The number of carbonyl (C=O) groups excluding carboxylic acids is 4. The average molecular weight is 695 g/mol. The van der Waals surface area contributed by atoms with Crippen molar-refractivity contribution < 1.29 is 38.5 Å². The predicted octanol–water partition coefficient (Wildman–Crippen LogP) is 2.48. The molecular weight excluding hydrogens is 640 g/mol. The molecule has 0 saturated carbocycles. The lowest BCUT2D eigenvalue weighted by Gasteiger charge is -2.40. The summed E-state index contributed by atoms with van der Waals surface area (Å²) in [5, 5.41) is 13.5. The number of carbonyl (C=O) groups is 4. The van der Waals surface area contributed by atoms with Gasteiger partial charge in [0.05, 0.1) is 50.3 Å². The van der Waals surface area contributed by atoms with Crippen LogP contribution in [0.3, 0.4) is 0 Å². The number of allylic oxidation sites excluding steroid dienone is 1. The molecule has 0 aliphatic carbocycles. The number of nitrogens with zero attached hydrogens (tertiary/aromatic N) is 3. The van der Waals surface area contributed by atoms with E-state index in [4.69, 9.17) is 14.2 Å². The topological polar surface area (TPSA) is 138 Å². The van der Waals surface area contributed by atoms with E-state index in [1.807, 2.05) is 44.2 Å². The quantitative estimate of drug-likeness (QED) is 0.175. The standard InChI is InChI=1S/C38H54N4O8/c1-5-7-13-31(44)39-24-30(27-11-9-8-10-12-27)49-37(47)32-29-14-15-38(50-29)33(32)35(45)42(28(25-43)23-26(3)4)34(38)36(46)41(16-6-2)18-17-40-19-21-48-22-20-40/h5-6,8-12,26,28-30,32-34,43H,1-2,7,13-25H2,3-4H3,(H,39,44)/t28-,29+,30+,32-,33-,34+,38-/m1/s1. The third-order valence-corrected chi connectivity index (χ3v) is 10.5. The minimum atomic E-state index is -1.24. The van der Waals surface area contributed by atoms with Gasteiger partial charge in [0.2, 0.25) is 17.7 Å². The van der Waals surface area contributed by atoms with Crippen LogP contribution in [0.5, 0.6) is 0 Å². The summed E-state index contributed by atoms with van der Waals surface area (Å²) in [6.07, 6.45) is 4.12. The van der Waals surface area contributed by atoms with Crippen LogP contribution in [-0.2, 0) is 33.4 Å². The van der Waals surface area contributed by atoms with Crippen LogP contribution in [0.15, 0.2) is 55.6 Å². The molecule has 0 unspecified atom stereocenters. The van der Waals surface area contributed by atoms with Crippen molar-refractivity contribution >= 4 is 23.7 Å². The normalized spacial score (nSPS) is 27.1. The molecule has 50 heavy (non-hydrogen) atoms. The summed E-state index contributed by atoms with van der Waals surface area (Å²) in [7, 11) is 0. The lowest BCUT2D eigenvalue weighted by atomic mass is 9.70. The van der Waals surface area contributed by atoms with Gasteiger partial charge < -0.3 is 34.4 Å². The number of morpholine rings is 1. The molecule has 274 valence electrons. The van der Waals surface area contributed by atoms with Crippen LogP contribution in [0.25, 0.3) is 0 Å². The molecule has 2 N–H and O–H groups in total. The highest BCUT2D eigenvalue weighted by atomic mass is 16.6. The number of esters is 1. The van der Waals surface area contributed by atoms with Crippen LogP contribution in [0.1, 0.15) is 57.6 Å². The molecule has 12 nitrogen and oxygen atoms in total. The van der Waals surface area contributed by atoms with Crippen molar-refractivity contribution in [3.63, 3.8) is 0 Å². The maximum absolute atomic E-state index is 14.8. The lowest BCUT2D eigenvalue weighted by molar-refractivity contribution is -0.161. The summed E-state index contributed by atoms with van der Waals surface area (Å²) < 4.78 is 18.3. The Bertz CT molecular complexity index is 1370. The smallest absolute Gasteiger partial charge is 0.313 e. The van der Waals surface area contributed by atoms with Crippen LogP contribution in [0.2, 0.25) is 0 Å². The molecule has 7 atom stereocenters. The predicted molar refractivity (Wildman–Crippen MR) is 187 cm³/mol. The number of ether oxygens (including phenoxy) is 3. The minimum Gasteiger partial charge on any atom is -0.455 e. The monoisotopic (exact) mass is 694 g/mol. The first-order chi connectivity index (χ1) is 24.1. The van der Waals surface area contributed by atoms with Crippen LogP contribution in [0, 0.1) is 17.8 Å². The Hall–Kier alpha value is -3.58. The number of hydrogen-bond donors (Lipinski definition) is 2. The molecule has 3 amide bonds. The second-order valence-corrected chi connectivity index (χ2v) is 14.3. The van der Waals surface area contributed by atoms with E-state index in [2.05, 4.69) is 23.4 Å². The van der Waals surface area contributed by atoms with Gasteiger partial charge in [-0.3, -0.25) is 24.1 Å². The van der Waals surface area contributed by atoms with Gasteiger partial charge >= 0.3 is 5.97 Å². The Balaban J connectivity index is 1.44. The highest BCUT2D eigenvalue weighted by Crippen LogP contribution is 2.59. The number of aliphatic hydroxyl groups is 1. The van der Waals surface area contributed by atoms with Gasteiger partial charge in [-0.2, -0.15) is 0 Å². The highest BCUT2D eigenvalue weighted by molar-refractivity contribution is 5.98.